The third-order valence-electron chi connectivity index (χ3n) is 7.97. The Hall–Kier alpha value is -1.14. The molecule has 0 atom stereocenters. The van der Waals surface area contributed by atoms with Crippen molar-refractivity contribution in [2.75, 3.05) is 26.7 Å². The fourth-order valence-electron chi connectivity index (χ4n) is 5.28. The number of unbranched alkanes of at least 4 members (excludes halogenated alkanes) is 15. The van der Waals surface area contributed by atoms with Crippen LogP contribution >= 0.6 is 0 Å². The zero-order valence-corrected chi connectivity index (χ0v) is 27.2. The largest absolute Gasteiger partial charge is 0.462 e. The van der Waals surface area contributed by atoms with Crippen molar-refractivity contribution in [3.8, 4) is 0 Å². The van der Waals surface area contributed by atoms with Gasteiger partial charge in [0.15, 0.2) is 0 Å². The van der Waals surface area contributed by atoms with E-state index in [9.17, 15) is 14.8 Å². The Balaban J connectivity index is 4.17. The zero-order chi connectivity index (χ0) is 29.7. The number of hydrogen-bond donors (Lipinski definition) is 1. The lowest BCUT2D eigenvalue weighted by Gasteiger charge is -2.22. The van der Waals surface area contributed by atoms with Crippen LogP contribution in [0.1, 0.15) is 175 Å². The first-order valence-electron chi connectivity index (χ1n) is 17.3. The van der Waals surface area contributed by atoms with Crippen molar-refractivity contribution in [3.05, 3.63) is 0 Å². The van der Waals surface area contributed by atoms with Crippen LogP contribution in [-0.2, 0) is 14.3 Å². The highest BCUT2D eigenvalue weighted by Crippen LogP contribution is 2.18. The van der Waals surface area contributed by atoms with Gasteiger partial charge in [-0.15, -0.1) is 0 Å². The summed E-state index contributed by atoms with van der Waals surface area (Å²) < 4.78 is 5.98. The molecule has 0 rings (SSSR count). The molecule has 0 saturated carbocycles. The van der Waals surface area contributed by atoms with Gasteiger partial charge in [0.25, 0.3) is 0 Å². The van der Waals surface area contributed by atoms with Gasteiger partial charge in [0, 0.05) is 19.9 Å². The lowest BCUT2D eigenvalue weighted by atomic mass is 10.0. The summed E-state index contributed by atoms with van der Waals surface area (Å²) in [5, 5.41) is 9.92. The van der Waals surface area contributed by atoms with Crippen molar-refractivity contribution in [1.29, 1.82) is 0 Å². The van der Waals surface area contributed by atoms with Crippen LogP contribution in [0.3, 0.4) is 0 Å². The Labute approximate surface area is 248 Å². The molecule has 0 aliphatic heterocycles. The first-order chi connectivity index (χ1) is 19.4. The molecule has 0 bridgehead atoms. The molecule has 0 fully saturated rings. The van der Waals surface area contributed by atoms with E-state index in [2.05, 4.69) is 25.7 Å². The summed E-state index contributed by atoms with van der Waals surface area (Å²) in [5.41, 5.74) is 0. The van der Waals surface area contributed by atoms with Gasteiger partial charge in [-0.2, -0.15) is 0 Å². The third-order valence-corrected chi connectivity index (χ3v) is 7.97. The van der Waals surface area contributed by atoms with Gasteiger partial charge in [0.05, 0.1) is 0 Å². The van der Waals surface area contributed by atoms with Crippen LogP contribution in [0.4, 0.5) is 0 Å². The van der Waals surface area contributed by atoms with Gasteiger partial charge in [-0.3, -0.25) is 14.8 Å². The molecule has 0 aliphatic carbocycles. The Morgan fingerprint density at radius 2 is 1.02 bits per heavy atom. The molecule has 0 aromatic heterocycles. The Bertz CT molecular complexity index is 554. The van der Waals surface area contributed by atoms with Crippen molar-refractivity contribution in [2.45, 2.75) is 181 Å². The van der Waals surface area contributed by atoms with Gasteiger partial charge in [-0.1, -0.05) is 111 Å². The summed E-state index contributed by atoms with van der Waals surface area (Å²) in [4.78, 5) is 26.7. The predicted molar refractivity (Wildman–Crippen MR) is 169 cm³/mol. The van der Waals surface area contributed by atoms with Gasteiger partial charge < -0.3 is 9.64 Å². The van der Waals surface area contributed by atoms with Gasteiger partial charge >= 0.3 is 5.97 Å². The molecule has 238 valence electrons. The summed E-state index contributed by atoms with van der Waals surface area (Å²) in [6.07, 6.45) is 27.2. The molecule has 6 heteroatoms. The number of rotatable bonds is 30. The van der Waals surface area contributed by atoms with Crippen molar-refractivity contribution in [3.63, 3.8) is 0 Å². The van der Waals surface area contributed by atoms with Crippen molar-refractivity contribution >= 4 is 11.9 Å². The number of amides is 1. The van der Waals surface area contributed by atoms with Crippen LogP contribution in [0.15, 0.2) is 0 Å². The van der Waals surface area contributed by atoms with Gasteiger partial charge in [0.2, 0.25) is 5.91 Å². The van der Waals surface area contributed by atoms with Gasteiger partial charge in [-0.25, -0.2) is 5.06 Å². The molecule has 0 aromatic carbocycles. The minimum atomic E-state index is -0.217. The molecule has 1 amide bonds. The zero-order valence-electron chi connectivity index (χ0n) is 27.2. The number of hydroxylamine groups is 2. The number of hydrogen-bond acceptors (Lipinski definition) is 5. The monoisotopic (exact) mass is 569 g/mol. The Morgan fingerprint density at radius 1 is 0.575 bits per heavy atom. The number of ether oxygens (including phenoxy) is 1. The molecule has 0 aromatic rings. The summed E-state index contributed by atoms with van der Waals surface area (Å²) >= 11 is 0. The standard InChI is InChI=1S/C34H68N2O4/c1-5-8-11-13-16-20-25-32(26-21-17-14-12-9-6-2)40-34(38)28-22-18-15-19-23-30-36(29-10-7-3)31-24-27-33(37)35(4)39/h32,39H,5-31H2,1-4H3. The molecule has 6 nitrogen and oxygen atoms in total. The highest BCUT2D eigenvalue weighted by Gasteiger charge is 2.14. The molecule has 0 unspecified atom stereocenters. The van der Waals surface area contributed by atoms with E-state index in [0.29, 0.717) is 17.9 Å². The van der Waals surface area contributed by atoms with E-state index in [-0.39, 0.29) is 18.0 Å². The molecule has 0 heterocycles. The normalized spacial score (nSPS) is 11.5. The molecule has 0 saturated heterocycles. The quantitative estimate of drug-likeness (QED) is 0.0404. The van der Waals surface area contributed by atoms with E-state index in [1.165, 1.54) is 103 Å². The Morgan fingerprint density at radius 3 is 1.57 bits per heavy atom. The van der Waals surface area contributed by atoms with Crippen LogP contribution < -0.4 is 0 Å². The molecular formula is C34H68N2O4. The van der Waals surface area contributed by atoms with E-state index < -0.39 is 0 Å². The first-order valence-corrected chi connectivity index (χ1v) is 17.3. The van der Waals surface area contributed by atoms with Gasteiger partial charge in [-0.05, 0) is 71.0 Å². The molecule has 0 aliphatic rings. The molecule has 1 N–H and O–H groups in total. The number of nitrogens with zero attached hydrogens (tertiary/aromatic N) is 2. The van der Waals surface area contributed by atoms with Crippen molar-refractivity contribution < 1.29 is 19.5 Å². The second-order valence-electron chi connectivity index (χ2n) is 12.0. The first kappa shape index (κ1) is 38.9. The van der Waals surface area contributed by atoms with Crippen LogP contribution in [0.2, 0.25) is 0 Å². The lowest BCUT2D eigenvalue weighted by molar-refractivity contribution is -0.159. The summed E-state index contributed by atoms with van der Waals surface area (Å²) in [5.74, 6) is -0.208. The van der Waals surface area contributed by atoms with Crippen molar-refractivity contribution in [2.24, 2.45) is 0 Å². The predicted octanol–water partition coefficient (Wildman–Crippen LogP) is 9.47. The fraction of sp³-hybridized carbons (Fsp3) is 0.941. The van der Waals surface area contributed by atoms with Crippen LogP contribution in [-0.4, -0.2) is 59.8 Å². The molecule has 40 heavy (non-hydrogen) atoms. The fourth-order valence-corrected chi connectivity index (χ4v) is 5.28. The van der Waals surface area contributed by atoms with Gasteiger partial charge in [0.1, 0.15) is 6.10 Å². The van der Waals surface area contributed by atoms with Crippen LogP contribution in [0, 0.1) is 0 Å². The maximum absolute atomic E-state index is 12.6. The lowest BCUT2D eigenvalue weighted by Crippen LogP contribution is -2.29. The maximum Gasteiger partial charge on any atom is 0.306 e. The second-order valence-corrected chi connectivity index (χ2v) is 12.0. The average molecular weight is 569 g/mol. The van der Waals surface area contributed by atoms with E-state index in [1.54, 1.807) is 0 Å². The maximum atomic E-state index is 12.6. The highest BCUT2D eigenvalue weighted by molar-refractivity contribution is 5.74. The second kappa shape index (κ2) is 29.4. The van der Waals surface area contributed by atoms with E-state index in [0.717, 1.165) is 64.6 Å². The van der Waals surface area contributed by atoms with Crippen LogP contribution in [0.25, 0.3) is 0 Å². The smallest absolute Gasteiger partial charge is 0.306 e. The highest BCUT2D eigenvalue weighted by atomic mass is 16.5. The molecule has 0 spiro atoms. The number of carbonyl (C=O) groups is 2. The number of esters is 1. The topological polar surface area (TPSA) is 70.1 Å². The number of carbonyl (C=O) groups excluding carboxylic acids is 2. The average Bonchev–Trinajstić information content (AvgIpc) is 2.94. The van der Waals surface area contributed by atoms with Crippen LogP contribution in [0.5, 0.6) is 0 Å². The third kappa shape index (κ3) is 25.8. The van der Waals surface area contributed by atoms with E-state index in [1.807, 2.05) is 0 Å². The minimum Gasteiger partial charge on any atom is -0.462 e. The summed E-state index contributed by atoms with van der Waals surface area (Å²) in [6, 6.07) is 0. The SMILES string of the molecule is CCCCCCCCC(CCCCCCCC)OC(=O)CCCCCCCN(CCCC)CCCC(=O)N(C)O. The summed E-state index contributed by atoms with van der Waals surface area (Å²) in [7, 11) is 1.39. The molecular weight excluding hydrogens is 500 g/mol. The van der Waals surface area contributed by atoms with E-state index >= 15 is 0 Å². The van der Waals surface area contributed by atoms with E-state index in [4.69, 9.17) is 4.74 Å². The van der Waals surface area contributed by atoms with Crippen molar-refractivity contribution in [1.82, 2.24) is 9.96 Å². The Kier molecular flexibility index (Phi) is 28.5. The minimum absolute atomic E-state index is 0.00998. The molecule has 0 radical (unpaired) electrons. The summed E-state index contributed by atoms with van der Waals surface area (Å²) in [6.45, 7) is 9.76.